The number of anilines is 1. The number of nitrogens with two attached hydrogens (primary N) is 1. The number of benzene rings is 1. The predicted octanol–water partition coefficient (Wildman–Crippen LogP) is 1.03. The summed E-state index contributed by atoms with van der Waals surface area (Å²) in [5.74, 6) is -0.594. The van der Waals surface area contributed by atoms with Crippen molar-refractivity contribution in [3.05, 3.63) is 29.8 Å². The van der Waals surface area contributed by atoms with E-state index in [9.17, 15) is 9.59 Å². The molecule has 0 aliphatic carbocycles. The molecule has 5 heteroatoms. The second-order valence-electron chi connectivity index (χ2n) is 4.87. The minimum absolute atomic E-state index is 0.0451. The van der Waals surface area contributed by atoms with Crippen LogP contribution in [0.2, 0.25) is 0 Å². The van der Waals surface area contributed by atoms with Crippen molar-refractivity contribution < 1.29 is 9.59 Å². The van der Waals surface area contributed by atoms with Crippen molar-refractivity contribution in [2.75, 3.05) is 11.9 Å². The Morgan fingerprint density at radius 2 is 1.89 bits per heavy atom. The lowest BCUT2D eigenvalue weighted by Gasteiger charge is -2.18. The maximum atomic E-state index is 11.8. The van der Waals surface area contributed by atoms with Crippen LogP contribution < -0.4 is 16.4 Å². The molecule has 0 saturated heterocycles. The summed E-state index contributed by atoms with van der Waals surface area (Å²) >= 11 is 0. The van der Waals surface area contributed by atoms with Gasteiger partial charge in [0, 0.05) is 5.69 Å². The van der Waals surface area contributed by atoms with Gasteiger partial charge in [0.1, 0.15) is 0 Å². The van der Waals surface area contributed by atoms with Gasteiger partial charge in [-0.3, -0.25) is 14.9 Å². The molecule has 0 aromatic heterocycles. The number of nitrogens with one attached hydrogen (secondary N) is 2. The standard InChI is InChI=1S/C14H21N3O2/c1-9(2)13(14(15)19)16-8-12(18)17-11-7-5-4-6-10(11)3/h4-7,9,13,16H,8H2,1-3H3,(H2,15,19)(H,17,18). The molecule has 0 bridgehead atoms. The van der Waals surface area contributed by atoms with E-state index in [1.807, 2.05) is 45.0 Å². The SMILES string of the molecule is Cc1ccccc1NC(=O)CNC(C(N)=O)C(C)C. The van der Waals surface area contributed by atoms with Gasteiger partial charge in [-0.15, -0.1) is 0 Å². The van der Waals surface area contributed by atoms with E-state index in [1.54, 1.807) is 0 Å². The molecule has 2 amide bonds. The number of para-hydroxylation sites is 1. The van der Waals surface area contributed by atoms with Crippen LogP contribution >= 0.6 is 0 Å². The van der Waals surface area contributed by atoms with Crippen molar-refractivity contribution >= 4 is 17.5 Å². The number of hydrogen-bond donors (Lipinski definition) is 3. The van der Waals surface area contributed by atoms with Crippen LogP contribution in [0.1, 0.15) is 19.4 Å². The number of rotatable bonds is 6. The summed E-state index contributed by atoms with van der Waals surface area (Å²) in [5, 5.41) is 5.66. The zero-order valence-electron chi connectivity index (χ0n) is 11.6. The van der Waals surface area contributed by atoms with E-state index in [2.05, 4.69) is 10.6 Å². The highest BCUT2D eigenvalue weighted by atomic mass is 16.2. The summed E-state index contributed by atoms with van der Waals surface area (Å²) in [5.41, 5.74) is 7.03. The quantitative estimate of drug-likeness (QED) is 0.716. The summed E-state index contributed by atoms with van der Waals surface area (Å²) in [6, 6.07) is 7.02. The second-order valence-corrected chi connectivity index (χ2v) is 4.87. The summed E-state index contributed by atoms with van der Waals surface area (Å²) in [7, 11) is 0. The van der Waals surface area contributed by atoms with Gasteiger partial charge in [-0.2, -0.15) is 0 Å². The normalized spacial score (nSPS) is 12.2. The molecule has 0 fully saturated rings. The van der Waals surface area contributed by atoms with Crippen LogP contribution in [0.3, 0.4) is 0 Å². The average Bonchev–Trinajstić information content (AvgIpc) is 2.31. The van der Waals surface area contributed by atoms with Gasteiger partial charge in [0.25, 0.3) is 0 Å². The minimum Gasteiger partial charge on any atom is -0.368 e. The van der Waals surface area contributed by atoms with Crippen LogP contribution in [0, 0.1) is 12.8 Å². The van der Waals surface area contributed by atoms with Crippen molar-refractivity contribution in [1.29, 1.82) is 0 Å². The average molecular weight is 263 g/mol. The highest BCUT2D eigenvalue weighted by Gasteiger charge is 2.19. The zero-order valence-corrected chi connectivity index (χ0v) is 11.6. The van der Waals surface area contributed by atoms with E-state index in [0.29, 0.717) is 0 Å². The first kappa shape index (κ1) is 15.2. The lowest BCUT2D eigenvalue weighted by atomic mass is 10.0. The molecule has 0 aliphatic heterocycles. The minimum atomic E-state index is -0.498. The van der Waals surface area contributed by atoms with Crippen LogP contribution in [0.4, 0.5) is 5.69 Å². The Morgan fingerprint density at radius 3 is 2.42 bits per heavy atom. The highest BCUT2D eigenvalue weighted by Crippen LogP contribution is 2.12. The lowest BCUT2D eigenvalue weighted by molar-refractivity contribution is -0.121. The number of aryl methyl sites for hydroxylation is 1. The number of carbonyl (C=O) groups excluding carboxylic acids is 2. The third kappa shape index (κ3) is 4.71. The Balaban J connectivity index is 2.52. The maximum absolute atomic E-state index is 11.8. The summed E-state index contributed by atoms with van der Waals surface area (Å²) in [4.78, 5) is 23.0. The van der Waals surface area contributed by atoms with Gasteiger partial charge in [0.15, 0.2) is 0 Å². The topological polar surface area (TPSA) is 84.2 Å². The molecule has 0 spiro atoms. The van der Waals surface area contributed by atoms with Gasteiger partial charge in [-0.25, -0.2) is 0 Å². The summed E-state index contributed by atoms with van der Waals surface area (Å²) in [6.07, 6.45) is 0. The Kier molecular flexibility index (Phi) is 5.51. The van der Waals surface area contributed by atoms with Crippen molar-refractivity contribution in [3.8, 4) is 0 Å². The van der Waals surface area contributed by atoms with Gasteiger partial charge in [-0.05, 0) is 24.5 Å². The fraction of sp³-hybridized carbons (Fsp3) is 0.429. The molecule has 0 radical (unpaired) electrons. The van der Waals surface area contributed by atoms with Crippen molar-refractivity contribution in [3.63, 3.8) is 0 Å². The maximum Gasteiger partial charge on any atom is 0.238 e. The van der Waals surface area contributed by atoms with Gasteiger partial charge < -0.3 is 11.1 Å². The lowest BCUT2D eigenvalue weighted by Crippen LogP contribution is -2.47. The molecule has 1 rings (SSSR count). The monoisotopic (exact) mass is 263 g/mol. The Morgan fingerprint density at radius 1 is 1.26 bits per heavy atom. The molecule has 4 N–H and O–H groups in total. The highest BCUT2D eigenvalue weighted by molar-refractivity contribution is 5.93. The number of amides is 2. The van der Waals surface area contributed by atoms with E-state index in [0.717, 1.165) is 11.3 Å². The molecule has 0 heterocycles. The smallest absolute Gasteiger partial charge is 0.238 e. The van der Waals surface area contributed by atoms with E-state index in [1.165, 1.54) is 0 Å². The van der Waals surface area contributed by atoms with Gasteiger partial charge >= 0.3 is 0 Å². The summed E-state index contributed by atoms with van der Waals surface area (Å²) in [6.45, 7) is 5.73. The third-order valence-electron chi connectivity index (χ3n) is 2.87. The first-order valence-electron chi connectivity index (χ1n) is 6.30. The van der Waals surface area contributed by atoms with Crippen LogP contribution in [-0.4, -0.2) is 24.4 Å². The van der Waals surface area contributed by atoms with Gasteiger partial charge in [0.2, 0.25) is 11.8 Å². The Hall–Kier alpha value is -1.88. The molecule has 1 unspecified atom stereocenters. The van der Waals surface area contributed by atoms with Gasteiger partial charge in [-0.1, -0.05) is 32.0 Å². The Bertz CT molecular complexity index is 458. The molecule has 1 atom stereocenters. The molecule has 0 aliphatic rings. The molecule has 19 heavy (non-hydrogen) atoms. The van der Waals surface area contributed by atoms with Crippen LogP contribution in [0.25, 0.3) is 0 Å². The number of hydrogen-bond acceptors (Lipinski definition) is 3. The van der Waals surface area contributed by atoms with Crippen LogP contribution in [0.5, 0.6) is 0 Å². The fourth-order valence-electron chi connectivity index (χ4n) is 1.78. The molecule has 0 saturated carbocycles. The fourth-order valence-corrected chi connectivity index (χ4v) is 1.78. The third-order valence-corrected chi connectivity index (χ3v) is 2.87. The van der Waals surface area contributed by atoms with E-state index in [4.69, 9.17) is 5.73 Å². The molecule has 1 aromatic carbocycles. The van der Waals surface area contributed by atoms with Crippen molar-refractivity contribution in [2.45, 2.75) is 26.8 Å². The molecule has 104 valence electrons. The van der Waals surface area contributed by atoms with Crippen LogP contribution in [-0.2, 0) is 9.59 Å². The molecule has 1 aromatic rings. The van der Waals surface area contributed by atoms with Gasteiger partial charge in [0.05, 0.1) is 12.6 Å². The van der Waals surface area contributed by atoms with Crippen LogP contribution in [0.15, 0.2) is 24.3 Å². The van der Waals surface area contributed by atoms with E-state index in [-0.39, 0.29) is 18.4 Å². The van der Waals surface area contributed by atoms with E-state index >= 15 is 0 Å². The summed E-state index contributed by atoms with van der Waals surface area (Å²) < 4.78 is 0. The molecule has 5 nitrogen and oxygen atoms in total. The predicted molar refractivity (Wildman–Crippen MR) is 75.6 cm³/mol. The first-order valence-corrected chi connectivity index (χ1v) is 6.30. The van der Waals surface area contributed by atoms with E-state index < -0.39 is 11.9 Å². The van der Waals surface area contributed by atoms with Crippen molar-refractivity contribution in [2.24, 2.45) is 11.7 Å². The zero-order chi connectivity index (χ0) is 14.4. The molecular formula is C14H21N3O2. The largest absolute Gasteiger partial charge is 0.368 e. The van der Waals surface area contributed by atoms with Crippen molar-refractivity contribution in [1.82, 2.24) is 5.32 Å². The number of carbonyl (C=O) groups is 2. The molecular weight excluding hydrogens is 242 g/mol. The first-order chi connectivity index (χ1) is 8.91. The Labute approximate surface area is 113 Å². The second kappa shape index (κ2) is 6.89. The number of primary amides is 1.